The van der Waals surface area contributed by atoms with Gasteiger partial charge in [-0.05, 0) is 32.0 Å². The molecular formula is C11H13BrF2O2S. The quantitative estimate of drug-likeness (QED) is 0.799. The van der Waals surface area contributed by atoms with Gasteiger partial charge in [0.2, 0.25) is 0 Å². The second-order valence-corrected chi connectivity index (χ2v) is 7.92. The van der Waals surface area contributed by atoms with Crippen molar-refractivity contribution < 1.29 is 17.2 Å². The molecule has 17 heavy (non-hydrogen) atoms. The van der Waals surface area contributed by atoms with Gasteiger partial charge in [-0.15, -0.1) is 0 Å². The molecule has 2 nitrogen and oxygen atoms in total. The highest BCUT2D eigenvalue weighted by molar-refractivity contribution is 9.09. The van der Waals surface area contributed by atoms with Crippen molar-refractivity contribution in [2.24, 2.45) is 0 Å². The van der Waals surface area contributed by atoms with Gasteiger partial charge in [-0.1, -0.05) is 15.9 Å². The summed E-state index contributed by atoms with van der Waals surface area (Å²) in [5.41, 5.74) is 0.000394. The SMILES string of the molecule is CC(C)(C(Br)c1cc(F)ccc1F)S(C)(=O)=O. The van der Waals surface area contributed by atoms with Crippen LogP contribution in [0.5, 0.6) is 0 Å². The Kier molecular flexibility index (Phi) is 3.98. The lowest BCUT2D eigenvalue weighted by Crippen LogP contribution is -2.35. The lowest BCUT2D eigenvalue weighted by atomic mass is 10.0. The highest BCUT2D eigenvalue weighted by Crippen LogP contribution is 2.40. The van der Waals surface area contributed by atoms with Crippen LogP contribution in [0.1, 0.15) is 24.2 Å². The summed E-state index contributed by atoms with van der Waals surface area (Å²) in [6.07, 6.45) is 1.07. The van der Waals surface area contributed by atoms with Gasteiger partial charge >= 0.3 is 0 Å². The molecule has 0 bridgehead atoms. The van der Waals surface area contributed by atoms with Gasteiger partial charge in [-0.25, -0.2) is 17.2 Å². The summed E-state index contributed by atoms with van der Waals surface area (Å²) in [6.45, 7) is 2.93. The molecule has 0 aliphatic rings. The minimum absolute atomic E-state index is 0.000394. The van der Waals surface area contributed by atoms with Gasteiger partial charge in [0, 0.05) is 11.8 Å². The van der Waals surface area contributed by atoms with Crippen molar-refractivity contribution in [2.45, 2.75) is 23.4 Å². The molecule has 0 aliphatic heterocycles. The Morgan fingerprint density at radius 2 is 1.82 bits per heavy atom. The Morgan fingerprint density at radius 3 is 2.29 bits per heavy atom. The molecule has 1 aromatic carbocycles. The number of benzene rings is 1. The van der Waals surface area contributed by atoms with Crippen molar-refractivity contribution >= 4 is 25.8 Å². The lowest BCUT2D eigenvalue weighted by molar-refractivity contribution is 0.531. The van der Waals surface area contributed by atoms with Gasteiger partial charge in [0.25, 0.3) is 0 Å². The van der Waals surface area contributed by atoms with Gasteiger partial charge in [-0.3, -0.25) is 0 Å². The van der Waals surface area contributed by atoms with Gasteiger partial charge in [-0.2, -0.15) is 0 Å². The van der Waals surface area contributed by atoms with E-state index in [0.717, 1.165) is 24.5 Å². The summed E-state index contributed by atoms with van der Waals surface area (Å²) in [5.74, 6) is -1.24. The molecule has 0 aromatic heterocycles. The summed E-state index contributed by atoms with van der Waals surface area (Å²) in [7, 11) is -3.42. The Hall–Kier alpha value is -0.490. The fourth-order valence-corrected chi connectivity index (χ4v) is 3.14. The van der Waals surface area contributed by atoms with Crippen LogP contribution in [0.2, 0.25) is 0 Å². The van der Waals surface area contributed by atoms with E-state index in [4.69, 9.17) is 0 Å². The van der Waals surface area contributed by atoms with E-state index in [1.165, 1.54) is 13.8 Å². The van der Waals surface area contributed by atoms with E-state index in [-0.39, 0.29) is 5.56 Å². The third kappa shape index (κ3) is 2.85. The molecule has 1 atom stereocenters. The zero-order valence-corrected chi connectivity index (χ0v) is 12.1. The average Bonchev–Trinajstić information content (AvgIpc) is 2.19. The molecule has 0 aliphatic carbocycles. The topological polar surface area (TPSA) is 34.1 Å². The summed E-state index contributed by atoms with van der Waals surface area (Å²) in [5, 5.41) is 0. The molecule has 0 fully saturated rings. The summed E-state index contributed by atoms with van der Waals surface area (Å²) < 4.78 is 48.6. The van der Waals surface area contributed by atoms with Crippen molar-refractivity contribution in [3.63, 3.8) is 0 Å². The first-order chi connectivity index (χ1) is 7.57. The first-order valence-corrected chi connectivity index (χ1v) is 7.66. The highest BCUT2D eigenvalue weighted by atomic mass is 79.9. The van der Waals surface area contributed by atoms with Crippen LogP contribution in [-0.4, -0.2) is 19.4 Å². The molecule has 6 heteroatoms. The third-order valence-corrected chi connectivity index (χ3v) is 6.89. The molecule has 0 heterocycles. The zero-order valence-electron chi connectivity index (χ0n) is 9.67. The van der Waals surface area contributed by atoms with E-state index in [9.17, 15) is 17.2 Å². The number of hydrogen-bond donors (Lipinski definition) is 0. The number of halogens is 3. The predicted octanol–water partition coefficient (Wildman–Crippen LogP) is 3.22. The van der Waals surface area contributed by atoms with E-state index in [1.807, 2.05) is 0 Å². The maximum Gasteiger partial charge on any atom is 0.154 e. The Morgan fingerprint density at radius 1 is 1.29 bits per heavy atom. The number of sulfone groups is 1. The summed E-state index contributed by atoms with van der Waals surface area (Å²) in [6, 6.07) is 2.98. The molecule has 1 unspecified atom stereocenters. The molecule has 1 rings (SSSR count). The van der Waals surface area contributed by atoms with E-state index in [0.29, 0.717) is 0 Å². The highest BCUT2D eigenvalue weighted by Gasteiger charge is 2.39. The summed E-state index contributed by atoms with van der Waals surface area (Å²) in [4.78, 5) is -0.819. The monoisotopic (exact) mass is 326 g/mol. The largest absolute Gasteiger partial charge is 0.229 e. The Bertz CT molecular complexity index is 526. The van der Waals surface area contributed by atoms with Crippen LogP contribution in [0, 0.1) is 11.6 Å². The van der Waals surface area contributed by atoms with Gasteiger partial charge in [0.05, 0.1) is 9.57 Å². The molecule has 0 amide bonds. The maximum atomic E-state index is 13.5. The van der Waals surface area contributed by atoms with Crippen LogP contribution in [0.4, 0.5) is 8.78 Å². The van der Waals surface area contributed by atoms with E-state index in [1.54, 1.807) is 0 Å². The average molecular weight is 327 g/mol. The lowest BCUT2D eigenvalue weighted by Gasteiger charge is -2.28. The number of hydrogen-bond acceptors (Lipinski definition) is 2. The normalized spacial score (nSPS) is 14.7. The van der Waals surface area contributed by atoms with Crippen molar-refractivity contribution in [3.05, 3.63) is 35.4 Å². The summed E-state index contributed by atoms with van der Waals surface area (Å²) >= 11 is 3.14. The van der Waals surface area contributed by atoms with Crippen LogP contribution in [0.3, 0.4) is 0 Å². The van der Waals surface area contributed by atoms with E-state index >= 15 is 0 Å². The molecule has 0 radical (unpaired) electrons. The zero-order chi connectivity index (χ0) is 13.4. The number of rotatable bonds is 3. The van der Waals surface area contributed by atoms with Crippen molar-refractivity contribution in [1.82, 2.24) is 0 Å². The van der Waals surface area contributed by atoms with E-state index < -0.39 is 31.0 Å². The van der Waals surface area contributed by atoms with Crippen molar-refractivity contribution in [3.8, 4) is 0 Å². The second kappa shape index (κ2) is 4.65. The van der Waals surface area contributed by atoms with Crippen molar-refractivity contribution in [1.29, 1.82) is 0 Å². The molecule has 0 spiro atoms. The molecule has 0 saturated carbocycles. The fraction of sp³-hybridized carbons (Fsp3) is 0.455. The minimum atomic E-state index is -3.42. The molecular weight excluding hydrogens is 314 g/mol. The van der Waals surface area contributed by atoms with Crippen LogP contribution in [-0.2, 0) is 9.84 Å². The molecule has 96 valence electrons. The maximum absolute atomic E-state index is 13.5. The molecule has 0 saturated heterocycles. The van der Waals surface area contributed by atoms with Gasteiger partial charge in [0.15, 0.2) is 9.84 Å². The van der Waals surface area contributed by atoms with Crippen molar-refractivity contribution in [2.75, 3.05) is 6.26 Å². The van der Waals surface area contributed by atoms with Crippen LogP contribution < -0.4 is 0 Å². The Balaban J connectivity index is 3.30. The number of alkyl halides is 1. The minimum Gasteiger partial charge on any atom is -0.229 e. The molecule has 0 N–H and O–H groups in total. The Labute approximate surface area is 108 Å². The van der Waals surface area contributed by atoms with E-state index in [2.05, 4.69) is 15.9 Å². The first-order valence-electron chi connectivity index (χ1n) is 4.86. The van der Waals surface area contributed by atoms with Gasteiger partial charge < -0.3 is 0 Å². The molecule has 1 aromatic rings. The second-order valence-electron chi connectivity index (χ2n) is 4.40. The van der Waals surface area contributed by atoms with Crippen LogP contribution in [0.15, 0.2) is 18.2 Å². The smallest absolute Gasteiger partial charge is 0.154 e. The standard InChI is InChI=1S/C11H13BrF2O2S/c1-11(2,17(3,15)16)10(12)8-6-7(13)4-5-9(8)14/h4-6,10H,1-3H3. The predicted molar refractivity (Wildman–Crippen MR) is 66.9 cm³/mol. The van der Waals surface area contributed by atoms with Crippen LogP contribution >= 0.6 is 15.9 Å². The third-order valence-electron chi connectivity index (χ3n) is 2.80. The van der Waals surface area contributed by atoms with Gasteiger partial charge in [0.1, 0.15) is 11.6 Å². The van der Waals surface area contributed by atoms with Crippen LogP contribution in [0.25, 0.3) is 0 Å². The first kappa shape index (κ1) is 14.6. The fourth-order valence-electron chi connectivity index (χ4n) is 1.27.